The first-order valence-corrected chi connectivity index (χ1v) is 15.3. The van der Waals surface area contributed by atoms with Crippen molar-refractivity contribution in [3.05, 3.63) is 0 Å². The second kappa shape index (κ2) is 26.5. The van der Waals surface area contributed by atoms with Crippen LogP contribution in [-0.4, -0.2) is 56.5 Å². The minimum absolute atomic E-state index is 0.319. The number of hydrogen-bond acceptors (Lipinski definition) is 2. The van der Waals surface area contributed by atoms with E-state index in [9.17, 15) is 0 Å². The first-order valence-electron chi connectivity index (χ1n) is 15.3. The molecule has 200 valence electrons. The zero-order chi connectivity index (χ0) is 24.3. The van der Waals surface area contributed by atoms with Gasteiger partial charge in [-0.15, -0.1) is 0 Å². The third-order valence-corrected chi connectivity index (χ3v) is 7.25. The SMILES string of the molecule is CCCCCCCCCCCCCCCCCCCCCCNCCC[N+](C)(C)CCCO. The van der Waals surface area contributed by atoms with Crippen LogP contribution in [0.1, 0.15) is 148 Å². The molecule has 0 amide bonds. The van der Waals surface area contributed by atoms with Crippen molar-refractivity contribution in [3.8, 4) is 0 Å². The van der Waals surface area contributed by atoms with Crippen LogP contribution in [0, 0.1) is 0 Å². The molecule has 0 fully saturated rings. The summed E-state index contributed by atoms with van der Waals surface area (Å²) < 4.78 is 1.03. The smallest absolute Gasteiger partial charge is 0.0804 e. The topological polar surface area (TPSA) is 32.3 Å². The van der Waals surface area contributed by atoms with Crippen LogP contribution < -0.4 is 5.32 Å². The van der Waals surface area contributed by atoms with Gasteiger partial charge < -0.3 is 14.9 Å². The van der Waals surface area contributed by atoms with E-state index in [-0.39, 0.29) is 0 Å². The molecule has 0 rings (SSSR count). The number of unbranched alkanes of at least 4 members (excludes halogenated alkanes) is 19. The predicted octanol–water partition coefficient (Wildman–Crippen LogP) is 8.25. The van der Waals surface area contributed by atoms with Crippen molar-refractivity contribution >= 4 is 0 Å². The Balaban J connectivity index is 3.10. The highest BCUT2D eigenvalue weighted by atomic mass is 16.3. The molecule has 0 spiro atoms. The van der Waals surface area contributed by atoms with E-state index in [0.29, 0.717) is 6.61 Å². The van der Waals surface area contributed by atoms with Gasteiger partial charge in [0.2, 0.25) is 0 Å². The maximum atomic E-state index is 8.97. The maximum Gasteiger partial charge on any atom is 0.0804 e. The standard InChI is InChI=1S/C30H65N2O/c1-4-5-6-7-8-9-10-11-12-13-14-15-16-17-18-19-20-21-22-23-26-31-27-24-28-32(2,3)29-25-30-33/h31,33H,4-30H2,1-3H3/q+1. The Hall–Kier alpha value is -0.120. The Bertz CT molecular complexity index is 359. The number of nitrogens with one attached hydrogen (secondary N) is 1. The zero-order valence-corrected chi connectivity index (χ0v) is 23.5. The van der Waals surface area contributed by atoms with Crippen molar-refractivity contribution in [3.63, 3.8) is 0 Å². The second-order valence-electron chi connectivity index (χ2n) is 11.3. The highest BCUT2D eigenvalue weighted by molar-refractivity contribution is 4.53. The van der Waals surface area contributed by atoms with Crippen molar-refractivity contribution in [2.45, 2.75) is 148 Å². The van der Waals surface area contributed by atoms with Crippen LogP contribution in [-0.2, 0) is 0 Å². The van der Waals surface area contributed by atoms with E-state index >= 15 is 0 Å². The lowest BCUT2D eigenvalue weighted by atomic mass is 10.0. The lowest BCUT2D eigenvalue weighted by Gasteiger charge is -2.29. The van der Waals surface area contributed by atoms with Crippen molar-refractivity contribution in [1.82, 2.24) is 5.32 Å². The van der Waals surface area contributed by atoms with Crippen LogP contribution >= 0.6 is 0 Å². The van der Waals surface area contributed by atoms with Gasteiger partial charge in [0.05, 0.1) is 27.2 Å². The molecule has 0 saturated heterocycles. The number of aliphatic hydroxyl groups excluding tert-OH is 1. The molecule has 2 N–H and O–H groups in total. The van der Waals surface area contributed by atoms with Gasteiger partial charge >= 0.3 is 0 Å². The van der Waals surface area contributed by atoms with Crippen molar-refractivity contribution in [1.29, 1.82) is 0 Å². The van der Waals surface area contributed by atoms with E-state index in [1.54, 1.807) is 0 Å². The number of aliphatic hydroxyl groups is 1. The summed E-state index contributed by atoms with van der Waals surface area (Å²) >= 11 is 0. The molecule has 0 unspecified atom stereocenters. The van der Waals surface area contributed by atoms with Crippen LogP contribution in [0.3, 0.4) is 0 Å². The monoisotopic (exact) mass is 470 g/mol. The molecule has 0 heterocycles. The van der Waals surface area contributed by atoms with Gasteiger partial charge in [0.1, 0.15) is 0 Å². The Morgan fingerprint density at radius 2 is 0.788 bits per heavy atom. The molecule has 0 aliphatic heterocycles. The van der Waals surface area contributed by atoms with Gasteiger partial charge in [0.15, 0.2) is 0 Å². The lowest BCUT2D eigenvalue weighted by Crippen LogP contribution is -2.42. The fraction of sp³-hybridized carbons (Fsp3) is 1.00. The van der Waals surface area contributed by atoms with Crippen molar-refractivity contribution < 1.29 is 9.59 Å². The normalized spacial score (nSPS) is 12.0. The van der Waals surface area contributed by atoms with Gasteiger partial charge in [0, 0.05) is 26.0 Å². The molecule has 0 radical (unpaired) electrons. The van der Waals surface area contributed by atoms with Crippen LogP contribution in [0.4, 0.5) is 0 Å². The fourth-order valence-electron chi connectivity index (χ4n) is 4.87. The largest absolute Gasteiger partial charge is 0.396 e. The number of quaternary nitrogens is 1. The van der Waals surface area contributed by atoms with Crippen LogP contribution in [0.25, 0.3) is 0 Å². The third-order valence-electron chi connectivity index (χ3n) is 7.25. The van der Waals surface area contributed by atoms with Crippen LogP contribution in [0.5, 0.6) is 0 Å². The molecule has 3 heteroatoms. The van der Waals surface area contributed by atoms with Crippen molar-refractivity contribution in [2.75, 3.05) is 46.9 Å². The minimum atomic E-state index is 0.319. The average molecular weight is 470 g/mol. The molecule has 0 bridgehead atoms. The molecule has 0 aromatic carbocycles. The van der Waals surface area contributed by atoms with E-state index in [1.165, 1.54) is 148 Å². The highest BCUT2D eigenvalue weighted by Crippen LogP contribution is 2.14. The molecule has 3 nitrogen and oxygen atoms in total. The summed E-state index contributed by atoms with van der Waals surface area (Å²) in [6.07, 6.45) is 31.1. The molecular formula is C30H65N2O+. The number of nitrogens with zero attached hydrogens (tertiary/aromatic N) is 1. The quantitative estimate of drug-likeness (QED) is 0.0893. The van der Waals surface area contributed by atoms with Gasteiger partial charge in [-0.2, -0.15) is 0 Å². The summed E-state index contributed by atoms with van der Waals surface area (Å²) in [7, 11) is 4.54. The molecule has 33 heavy (non-hydrogen) atoms. The van der Waals surface area contributed by atoms with Gasteiger partial charge in [-0.05, 0) is 13.0 Å². The first-order chi connectivity index (χ1) is 16.1. The van der Waals surface area contributed by atoms with Gasteiger partial charge in [0.25, 0.3) is 0 Å². The fourth-order valence-corrected chi connectivity index (χ4v) is 4.87. The molecular weight excluding hydrogens is 404 g/mol. The summed E-state index contributed by atoms with van der Waals surface area (Å²) in [5, 5.41) is 12.6. The highest BCUT2D eigenvalue weighted by Gasteiger charge is 2.13. The lowest BCUT2D eigenvalue weighted by molar-refractivity contribution is -0.890. The third kappa shape index (κ3) is 28.0. The van der Waals surface area contributed by atoms with Crippen LogP contribution in [0.15, 0.2) is 0 Å². The predicted molar refractivity (Wildman–Crippen MR) is 149 cm³/mol. The molecule has 0 aliphatic rings. The molecule has 0 saturated carbocycles. The Kier molecular flexibility index (Phi) is 26.4. The van der Waals surface area contributed by atoms with E-state index in [4.69, 9.17) is 5.11 Å². The Morgan fingerprint density at radius 1 is 0.455 bits per heavy atom. The summed E-state index contributed by atoms with van der Waals surface area (Å²) in [4.78, 5) is 0. The van der Waals surface area contributed by atoms with Gasteiger partial charge in [-0.1, -0.05) is 129 Å². The Morgan fingerprint density at radius 3 is 1.18 bits per heavy atom. The summed E-state index contributed by atoms with van der Waals surface area (Å²) in [5.41, 5.74) is 0. The second-order valence-corrected chi connectivity index (χ2v) is 11.3. The summed E-state index contributed by atoms with van der Waals surface area (Å²) in [6, 6.07) is 0. The molecule has 0 aromatic heterocycles. The maximum absolute atomic E-state index is 8.97. The van der Waals surface area contributed by atoms with Gasteiger partial charge in [-0.3, -0.25) is 0 Å². The minimum Gasteiger partial charge on any atom is -0.396 e. The number of hydrogen-bond donors (Lipinski definition) is 2. The summed E-state index contributed by atoms with van der Waals surface area (Å²) in [5.74, 6) is 0. The summed E-state index contributed by atoms with van der Waals surface area (Å²) in [6.45, 7) is 7.22. The van der Waals surface area contributed by atoms with E-state index in [0.717, 1.165) is 24.0 Å². The number of rotatable bonds is 28. The van der Waals surface area contributed by atoms with E-state index in [1.807, 2.05) is 0 Å². The molecule has 0 atom stereocenters. The van der Waals surface area contributed by atoms with E-state index in [2.05, 4.69) is 26.3 Å². The van der Waals surface area contributed by atoms with Crippen molar-refractivity contribution in [2.24, 2.45) is 0 Å². The molecule has 0 aromatic rings. The van der Waals surface area contributed by atoms with E-state index < -0.39 is 0 Å². The first kappa shape index (κ1) is 32.9. The molecule has 0 aliphatic carbocycles. The van der Waals surface area contributed by atoms with Gasteiger partial charge in [-0.25, -0.2) is 0 Å². The zero-order valence-electron chi connectivity index (χ0n) is 23.5. The van der Waals surface area contributed by atoms with Crippen LogP contribution in [0.2, 0.25) is 0 Å². The average Bonchev–Trinajstić information content (AvgIpc) is 2.80. The Labute approximate surface area is 210 Å².